The first kappa shape index (κ1) is 13.2. The Balaban J connectivity index is 1.66. The van der Waals surface area contributed by atoms with Crippen LogP contribution in [-0.2, 0) is 11.3 Å². The molecule has 0 amide bonds. The molecule has 2 aromatic rings. The van der Waals surface area contributed by atoms with Gasteiger partial charge >= 0.3 is 0 Å². The van der Waals surface area contributed by atoms with Gasteiger partial charge in [-0.05, 0) is 11.1 Å². The minimum Gasteiger partial charge on any atom is -0.371 e. The van der Waals surface area contributed by atoms with Crippen molar-refractivity contribution in [1.82, 2.24) is 0 Å². The van der Waals surface area contributed by atoms with Crippen molar-refractivity contribution in [2.24, 2.45) is 10.2 Å². The van der Waals surface area contributed by atoms with Gasteiger partial charge in [-0.15, -0.1) is 0 Å². The van der Waals surface area contributed by atoms with Crippen molar-refractivity contribution in [3.05, 3.63) is 71.8 Å². The average Bonchev–Trinajstić information content (AvgIpc) is 2.48. The zero-order chi connectivity index (χ0) is 13.2. The fourth-order valence-corrected chi connectivity index (χ4v) is 1.52. The van der Waals surface area contributed by atoms with Crippen molar-refractivity contribution in [1.29, 1.82) is 0 Å². The average molecular weight is 252 g/mol. The van der Waals surface area contributed by atoms with Crippen LogP contribution in [0.5, 0.6) is 0 Å². The number of nitrogens with zero attached hydrogens (tertiary/aromatic N) is 2. The van der Waals surface area contributed by atoms with Crippen LogP contribution in [0, 0.1) is 0 Å². The van der Waals surface area contributed by atoms with E-state index in [-0.39, 0.29) is 0 Å². The van der Waals surface area contributed by atoms with E-state index >= 15 is 0 Å². The van der Waals surface area contributed by atoms with Crippen molar-refractivity contribution >= 4 is 12.4 Å². The molecule has 0 bridgehead atoms. The largest absolute Gasteiger partial charge is 0.371 e. The number of ether oxygens (including phenoxy) is 1. The molecule has 96 valence electrons. The maximum absolute atomic E-state index is 5.45. The van der Waals surface area contributed by atoms with Crippen LogP contribution in [0.1, 0.15) is 11.1 Å². The molecule has 2 aromatic carbocycles. The fourth-order valence-electron chi connectivity index (χ4n) is 1.52. The van der Waals surface area contributed by atoms with Gasteiger partial charge in [0.05, 0.1) is 25.6 Å². The molecule has 3 heteroatoms. The lowest BCUT2D eigenvalue weighted by Crippen LogP contribution is -1.95. The van der Waals surface area contributed by atoms with Crippen LogP contribution < -0.4 is 0 Å². The van der Waals surface area contributed by atoms with Gasteiger partial charge in [0, 0.05) is 0 Å². The van der Waals surface area contributed by atoms with Crippen LogP contribution >= 0.6 is 0 Å². The van der Waals surface area contributed by atoms with Crippen molar-refractivity contribution in [3.63, 3.8) is 0 Å². The lowest BCUT2D eigenvalue weighted by atomic mass is 10.2. The third-order valence-electron chi connectivity index (χ3n) is 2.46. The Hall–Kier alpha value is -2.26. The second kappa shape index (κ2) is 7.95. The summed E-state index contributed by atoms with van der Waals surface area (Å²) in [5.74, 6) is 0. The van der Waals surface area contributed by atoms with Gasteiger partial charge in [0.15, 0.2) is 0 Å². The molecule has 0 aliphatic rings. The predicted octanol–water partition coefficient (Wildman–Crippen LogP) is 3.31. The minimum absolute atomic E-state index is 0.459. The van der Waals surface area contributed by atoms with Crippen molar-refractivity contribution in [3.8, 4) is 0 Å². The molecule has 0 spiro atoms. The summed E-state index contributed by atoms with van der Waals surface area (Å²) in [6, 6.07) is 19.9. The summed E-state index contributed by atoms with van der Waals surface area (Å²) in [4.78, 5) is 0. The molecule has 19 heavy (non-hydrogen) atoms. The van der Waals surface area contributed by atoms with Crippen LogP contribution in [0.4, 0.5) is 0 Å². The normalized spacial score (nSPS) is 11.4. The van der Waals surface area contributed by atoms with Crippen molar-refractivity contribution in [2.45, 2.75) is 6.61 Å². The highest BCUT2D eigenvalue weighted by atomic mass is 16.5. The lowest BCUT2D eigenvalue weighted by Gasteiger charge is -1.99. The molecule has 3 nitrogen and oxygen atoms in total. The monoisotopic (exact) mass is 252 g/mol. The molecule has 0 unspecified atom stereocenters. The number of hydrogen-bond acceptors (Lipinski definition) is 3. The molecule has 0 saturated heterocycles. The molecule has 0 radical (unpaired) electrons. The molecule has 0 aliphatic heterocycles. The van der Waals surface area contributed by atoms with Crippen molar-refractivity contribution < 1.29 is 4.74 Å². The zero-order valence-electron chi connectivity index (χ0n) is 10.6. The van der Waals surface area contributed by atoms with E-state index < -0.39 is 0 Å². The summed E-state index contributed by atoms with van der Waals surface area (Å²) in [7, 11) is 0. The van der Waals surface area contributed by atoms with Crippen LogP contribution in [-0.4, -0.2) is 19.0 Å². The van der Waals surface area contributed by atoms with E-state index in [0.29, 0.717) is 13.2 Å². The molecule has 2 rings (SSSR count). The lowest BCUT2D eigenvalue weighted by molar-refractivity contribution is 0.160. The van der Waals surface area contributed by atoms with E-state index in [1.807, 2.05) is 60.7 Å². The maximum atomic E-state index is 5.45. The Morgan fingerprint density at radius 3 is 2.26 bits per heavy atom. The third-order valence-corrected chi connectivity index (χ3v) is 2.46. The summed E-state index contributed by atoms with van der Waals surface area (Å²) in [5, 5.41) is 7.87. The standard InChI is InChI=1S/C16H16N2O/c1-3-7-15(8-4-1)13-18-17-11-12-19-14-16-9-5-2-6-10-16/h1-11,13H,12,14H2. The van der Waals surface area contributed by atoms with E-state index in [1.54, 1.807) is 12.4 Å². The van der Waals surface area contributed by atoms with Gasteiger partial charge in [-0.1, -0.05) is 60.7 Å². The van der Waals surface area contributed by atoms with Gasteiger partial charge < -0.3 is 4.74 Å². The highest BCUT2D eigenvalue weighted by Crippen LogP contribution is 1.99. The minimum atomic E-state index is 0.459. The molecule has 0 aliphatic carbocycles. The quantitative estimate of drug-likeness (QED) is 0.441. The third kappa shape index (κ3) is 5.27. The summed E-state index contributed by atoms with van der Waals surface area (Å²) in [6.07, 6.45) is 3.37. The summed E-state index contributed by atoms with van der Waals surface area (Å²) < 4.78 is 5.45. The topological polar surface area (TPSA) is 34.0 Å². The smallest absolute Gasteiger partial charge is 0.0841 e. The molecular formula is C16H16N2O. The number of benzene rings is 2. The first-order chi connectivity index (χ1) is 9.45. The molecule has 0 saturated carbocycles. The molecule has 0 N–H and O–H groups in total. The van der Waals surface area contributed by atoms with E-state index in [0.717, 1.165) is 11.1 Å². The second-order valence-corrected chi connectivity index (χ2v) is 3.95. The molecular weight excluding hydrogens is 236 g/mol. The van der Waals surface area contributed by atoms with Crippen LogP contribution in [0.25, 0.3) is 0 Å². The van der Waals surface area contributed by atoms with Gasteiger partial charge in [0.2, 0.25) is 0 Å². The predicted molar refractivity (Wildman–Crippen MR) is 78.6 cm³/mol. The maximum Gasteiger partial charge on any atom is 0.0841 e. The molecule has 0 atom stereocenters. The van der Waals surface area contributed by atoms with Crippen LogP contribution in [0.15, 0.2) is 70.9 Å². The second-order valence-electron chi connectivity index (χ2n) is 3.95. The van der Waals surface area contributed by atoms with Crippen molar-refractivity contribution in [2.75, 3.05) is 6.61 Å². The highest BCUT2D eigenvalue weighted by molar-refractivity contribution is 5.79. The Bertz CT molecular complexity index is 521. The fraction of sp³-hybridized carbons (Fsp3) is 0.125. The molecule has 0 heterocycles. The van der Waals surface area contributed by atoms with Crippen LogP contribution in [0.2, 0.25) is 0 Å². The molecule has 0 aromatic heterocycles. The van der Waals surface area contributed by atoms with E-state index in [9.17, 15) is 0 Å². The Morgan fingerprint density at radius 1 is 0.842 bits per heavy atom. The van der Waals surface area contributed by atoms with E-state index in [1.165, 1.54) is 0 Å². The van der Waals surface area contributed by atoms with E-state index in [2.05, 4.69) is 10.2 Å². The Kier molecular flexibility index (Phi) is 5.51. The Morgan fingerprint density at radius 2 is 1.53 bits per heavy atom. The molecule has 0 fully saturated rings. The summed E-state index contributed by atoms with van der Waals surface area (Å²) in [5.41, 5.74) is 2.19. The highest BCUT2D eigenvalue weighted by Gasteiger charge is 1.89. The van der Waals surface area contributed by atoms with Gasteiger partial charge in [0.25, 0.3) is 0 Å². The summed E-state index contributed by atoms with van der Waals surface area (Å²) in [6.45, 7) is 1.05. The number of hydrogen-bond donors (Lipinski definition) is 0. The summed E-state index contributed by atoms with van der Waals surface area (Å²) >= 11 is 0. The van der Waals surface area contributed by atoms with E-state index in [4.69, 9.17) is 4.74 Å². The van der Waals surface area contributed by atoms with Crippen LogP contribution in [0.3, 0.4) is 0 Å². The number of rotatable bonds is 6. The van der Waals surface area contributed by atoms with Gasteiger partial charge in [0.1, 0.15) is 0 Å². The first-order valence-electron chi connectivity index (χ1n) is 6.17. The zero-order valence-corrected chi connectivity index (χ0v) is 10.6. The Labute approximate surface area is 113 Å². The van der Waals surface area contributed by atoms with Gasteiger partial charge in [-0.25, -0.2) is 0 Å². The van der Waals surface area contributed by atoms with Gasteiger partial charge in [-0.2, -0.15) is 10.2 Å². The van der Waals surface area contributed by atoms with Gasteiger partial charge in [-0.3, -0.25) is 0 Å². The first-order valence-corrected chi connectivity index (χ1v) is 6.17. The SMILES string of the molecule is C(COCc1ccccc1)=NN=Cc1ccccc1.